The van der Waals surface area contributed by atoms with E-state index in [-0.39, 0.29) is 6.61 Å². The van der Waals surface area contributed by atoms with E-state index < -0.39 is 0 Å². The largest absolute Gasteiger partial charge is 0.493 e. The number of rotatable bonds is 10. The second kappa shape index (κ2) is 12.2. The highest BCUT2D eigenvalue weighted by Gasteiger charge is 2.13. The molecule has 222 valence electrons. The minimum Gasteiger partial charge on any atom is -0.493 e. The average molecular weight is 599 g/mol. The Hall–Kier alpha value is -6.23. The van der Waals surface area contributed by atoms with E-state index in [0.29, 0.717) is 46.2 Å². The molecule has 0 atom stereocenters. The molecular weight excluding hydrogens is 572 g/mol. The van der Waals surface area contributed by atoms with Gasteiger partial charge in [0.05, 0.1) is 19.7 Å². The van der Waals surface area contributed by atoms with Crippen molar-refractivity contribution in [2.24, 2.45) is 0 Å². The van der Waals surface area contributed by atoms with Gasteiger partial charge in [0.15, 0.2) is 23.9 Å². The highest BCUT2D eigenvalue weighted by Crippen LogP contribution is 2.35. The van der Waals surface area contributed by atoms with Gasteiger partial charge in [-0.05, 0) is 66.7 Å². The normalized spacial score (nSPS) is 11.0. The van der Waals surface area contributed by atoms with E-state index in [1.165, 1.54) is 6.33 Å². The molecule has 0 spiro atoms. The van der Waals surface area contributed by atoms with Crippen LogP contribution in [-0.2, 0) is 6.61 Å². The summed E-state index contributed by atoms with van der Waals surface area (Å²) in [6.45, 7) is 0.186. The van der Waals surface area contributed by atoms with Gasteiger partial charge in [0.2, 0.25) is 5.82 Å². The molecule has 1 N–H and O–H groups in total. The van der Waals surface area contributed by atoms with Crippen LogP contribution in [0.1, 0.15) is 5.82 Å². The molecule has 7 aromatic rings. The fraction of sp³-hybridized carbons (Fsp3) is 0.0882. The van der Waals surface area contributed by atoms with Gasteiger partial charge in [-0.3, -0.25) is 0 Å². The molecule has 4 aromatic carbocycles. The van der Waals surface area contributed by atoms with Crippen molar-refractivity contribution in [3.63, 3.8) is 0 Å². The number of fused-ring (bicyclic) bond motifs is 1. The Morgan fingerprint density at radius 2 is 1.47 bits per heavy atom. The maximum Gasteiger partial charge on any atom is 0.258 e. The molecule has 0 radical (unpaired) electrons. The van der Waals surface area contributed by atoms with E-state index >= 15 is 0 Å². The smallest absolute Gasteiger partial charge is 0.258 e. The first-order chi connectivity index (χ1) is 22.2. The summed E-state index contributed by atoms with van der Waals surface area (Å²) >= 11 is 0. The fourth-order valence-electron chi connectivity index (χ4n) is 4.76. The first-order valence-electron chi connectivity index (χ1n) is 14.0. The lowest BCUT2D eigenvalue weighted by Crippen LogP contribution is -1.98. The third-order valence-electron chi connectivity index (χ3n) is 7.09. The van der Waals surface area contributed by atoms with E-state index in [4.69, 9.17) is 23.3 Å². The quantitative estimate of drug-likeness (QED) is 0.170. The molecule has 0 aliphatic carbocycles. The average Bonchev–Trinajstić information content (AvgIpc) is 3.79. The highest BCUT2D eigenvalue weighted by atomic mass is 16.5. The lowest BCUT2D eigenvalue weighted by Gasteiger charge is -2.12. The van der Waals surface area contributed by atoms with Crippen LogP contribution in [0.2, 0.25) is 0 Å². The molecule has 11 heteroatoms. The van der Waals surface area contributed by atoms with Gasteiger partial charge in [-0.25, -0.2) is 9.97 Å². The number of nitrogens with zero attached hydrogens (tertiary/aromatic N) is 5. The van der Waals surface area contributed by atoms with Crippen molar-refractivity contribution in [3.8, 4) is 51.3 Å². The third-order valence-corrected chi connectivity index (χ3v) is 7.09. The molecule has 0 amide bonds. The van der Waals surface area contributed by atoms with Gasteiger partial charge >= 0.3 is 0 Å². The van der Waals surface area contributed by atoms with Crippen LogP contribution in [0.25, 0.3) is 44.9 Å². The molecule has 7 rings (SSSR count). The minimum atomic E-state index is 0.186. The molecule has 0 saturated carbocycles. The SMILES string of the molecule is COc1cc2ncnc(Nc3ccc(-c4cc(-c5ccc(OCc6noc(-c7ccccc7)n6)cc5)no4)cc3)c2cc1OC. The molecule has 0 fully saturated rings. The van der Waals surface area contributed by atoms with E-state index in [2.05, 4.69) is 30.6 Å². The molecule has 0 unspecified atom stereocenters. The summed E-state index contributed by atoms with van der Waals surface area (Å²) in [6.07, 6.45) is 1.51. The summed E-state index contributed by atoms with van der Waals surface area (Å²) in [6, 6.07) is 30.6. The first-order valence-corrected chi connectivity index (χ1v) is 14.0. The van der Waals surface area contributed by atoms with Gasteiger partial charge in [-0.2, -0.15) is 4.98 Å². The molecule has 3 aromatic heterocycles. The van der Waals surface area contributed by atoms with Crippen molar-refractivity contribution < 1.29 is 23.3 Å². The van der Waals surface area contributed by atoms with Gasteiger partial charge in [0.25, 0.3) is 5.89 Å². The van der Waals surface area contributed by atoms with Crippen molar-refractivity contribution >= 4 is 22.4 Å². The standard InChI is InChI=1S/C34H26N6O5/c1-41-30-16-26-28(18-31(30)42-2)35-20-36-33(26)37-24-12-8-22(9-13-24)29-17-27(39-44-29)21-10-14-25(15-11-21)43-19-32-38-34(45-40-32)23-6-4-3-5-7-23/h3-18,20H,19H2,1-2H3,(H,35,36,37). The van der Waals surface area contributed by atoms with Crippen molar-refractivity contribution in [2.45, 2.75) is 6.61 Å². The van der Waals surface area contributed by atoms with Crippen LogP contribution in [0.5, 0.6) is 17.2 Å². The minimum absolute atomic E-state index is 0.186. The predicted molar refractivity (Wildman–Crippen MR) is 167 cm³/mol. The number of ether oxygens (including phenoxy) is 3. The van der Waals surface area contributed by atoms with Crippen molar-refractivity contribution in [3.05, 3.63) is 109 Å². The Morgan fingerprint density at radius 3 is 2.24 bits per heavy atom. The highest BCUT2D eigenvalue weighted by molar-refractivity contribution is 5.93. The Bertz CT molecular complexity index is 2060. The number of hydrogen-bond donors (Lipinski definition) is 1. The van der Waals surface area contributed by atoms with E-state index in [9.17, 15) is 0 Å². The van der Waals surface area contributed by atoms with Crippen LogP contribution >= 0.6 is 0 Å². The van der Waals surface area contributed by atoms with Crippen LogP contribution in [0, 0.1) is 0 Å². The van der Waals surface area contributed by atoms with Gasteiger partial charge in [0.1, 0.15) is 23.6 Å². The van der Waals surface area contributed by atoms with Crippen LogP contribution in [0.15, 0.2) is 112 Å². The van der Waals surface area contributed by atoms with E-state index in [0.717, 1.165) is 33.3 Å². The molecule has 0 bridgehead atoms. The second-order valence-electron chi connectivity index (χ2n) is 9.92. The summed E-state index contributed by atoms with van der Waals surface area (Å²) in [5.74, 6) is 4.09. The van der Waals surface area contributed by atoms with Gasteiger partial charge < -0.3 is 28.6 Å². The van der Waals surface area contributed by atoms with Gasteiger partial charge in [0, 0.05) is 39.9 Å². The summed E-state index contributed by atoms with van der Waals surface area (Å²) in [7, 11) is 3.19. The molecule has 3 heterocycles. The monoisotopic (exact) mass is 598 g/mol. The zero-order valence-electron chi connectivity index (χ0n) is 24.3. The molecule has 0 aliphatic rings. The van der Waals surface area contributed by atoms with Crippen molar-refractivity contribution in [1.82, 2.24) is 25.3 Å². The summed E-state index contributed by atoms with van der Waals surface area (Å²) in [4.78, 5) is 13.2. The predicted octanol–water partition coefficient (Wildman–Crippen LogP) is 7.34. The molecule has 0 aliphatic heterocycles. The maximum absolute atomic E-state index is 5.85. The number of aromatic nitrogens is 5. The van der Waals surface area contributed by atoms with Crippen molar-refractivity contribution in [1.29, 1.82) is 0 Å². The maximum atomic E-state index is 5.85. The van der Waals surface area contributed by atoms with Crippen LogP contribution in [0.4, 0.5) is 11.5 Å². The molecule has 0 saturated heterocycles. The Morgan fingerprint density at radius 1 is 0.711 bits per heavy atom. The summed E-state index contributed by atoms with van der Waals surface area (Å²) in [5.41, 5.74) is 4.93. The van der Waals surface area contributed by atoms with Crippen LogP contribution in [-0.4, -0.2) is 39.5 Å². The van der Waals surface area contributed by atoms with Crippen LogP contribution < -0.4 is 19.5 Å². The first kappa shape index (κ1) is 27.6. The van der Waals surface area contributed by atoms with E-state index in [1.807, 2.05) is 97.1 Å². The number of anilines is 2. The van der Waals surface area contributed by atoms with Crippen LogP contribution in [0.3, 0.4) is 0 Å². The molecule has 11 nitrogen and oxygen atoms in total. The number of nitrogens with one attached hydrogen (secondary N) is 1. The molecular formula is C34H26N6O5. The van der Waals surface area contributed by atoms with E-state index in [1.54, 1.807) is 14.2 Å². The fourth-order valence-corrected chi connectivity index (χ4v) is 4.76. The lowest BCUT2D eigenvalue weighted by molar-refractivity contribution is 0.287. The number of methoxy groups -OCH3 is 2. The zero-order valence-corrected chi connectivity index (χ0v) is 24.3. The Balaban J connectivity index is 1.00. The summed E-state index contributed by atoms with van der Waals surface area (Å²) in [5, 5.41) is 12.4. The Labute approximate surface area is 257 Å². The third kappa shape index (κ3) is 5.87. The van der Waals surface area contributed by atoms with Gasteiger partial charge in [-0.1, -0.05) is 28.5 Å². The zero-order chi connectivity index (χ0) is 30.6. The number of hydrogen-bond acceptors (Lipinski definition) is 11. The topological polar surface area (TPSA) is 130 Å². The lowest BCUT2D eigenvalue weighted by atomic mass is 10.1. The van der Waals surface area contributed by atoms with Crippen molar-refractivity contribution in [2.75, 3.05) is 19.5 Å². The molecule has 45 heavy (non-hydrogen) atoms. The second-order valence-corrected chi connectivity index (χ2v) is 9.92. The summed E-state index contributed by atoms with van der Waals surface area (Å²) < 4.78 is 27.7. The Kier molecular flexibility index (Phi) is 7.46. The van der Waals surface area contributed by atoms with Gasteiger partial charge in [-0.15, -0.1) is 0 Å². The number of benzene rings is 4.